The molecule has 1 aliphatic rings. The molecule has 2 heteroatoms. The Morgan fingerprint density at radius 2 is 1.90 bits per heavy atom. The Balaban J connectivity index is 2.96. The van der Waals surface area contributed by atoms with Gasteiger partial charge in [-0.1, -0.05) is 37.5 Å². The van der Waals surface area contributed by atoms with E-state index in [1.54, 1.807) is 6.92 Å². The van der Waals surface area contributed by atoms with Gasteiger partial charge < -0.3 is 4.90 Å². The van der Waals surface area contributed by atoms with Crippen molar-refractivity contribution in [2.75, 3.05) is 7.05 Å². The predicted molar refractivity (Wildman–Crippen MR) is 91.1 cm³/mol. The van der Waals surface area contributed by atoms with Crippen LogP contribution in [0.5, 0.6) is 0 Å². The molecule has 0 aromatic carbocycles. The van der Waals surface area contributed by atoms with Gasteiger partial charge in [0.2, 0.25) is 0 Å². The van der Waals surface area contributed by atoms with Crippen molar-refractivity contribution in [1.29, 1.82) is 0 Å². The summed E-state index contributed by atoms with van der Waals surface area (Å²) in [6, 6.07) is 0.635. The molecule has 1 fully saturated rings. The fraction of sp³-hybridized carbons (Fsp3) is 0.684. The highest BCUT2D eigenvalue weighted by molar-refractivity contribution is 5.26. The van der Waals surface area contributed by atoms with Crippen molar-refractivity contribution >= 4 is 0 Å². The number of alkyl halides is 1. The van der Waals surface area contributed by atoms with Crippen LogP contribution in [-0.2, 0) is 0 Å². The molecule has 21 heavy (non-hydrogen) atoms. The van der Waals surface area contributed by atoms with Gasteiger partial charge in [-0.15, -0.1) is 0 Å². The lowest BCUT2D eigenvalue weighted by Gasteiger charge is -2.30. The van der Waals surface area contributed by atoms with E-state index in [4.69, 9.17) is 0 Å². The smallest absolute Gasteiger partial charge is 0.119 e. The summed E-state index contributed by atoms with van der Waals surface area (Å²) in [6.07, 6.45) is 8.13. The molecule has 1 saturated carbocycles. The third-order valence-electron chi connectivity index (χ3n) is 4.59. The first-order chi connectivity index (χ1) is 9.86. The Kier molecular flexibility index (Phi) is 7.21. The number of hydrogen-bond acceptors (Lipinski definition) is 1. The molecule has 0 radical (unpaired) electrons. The van der Waals surface area contributed by atoms with Crippen molar-refractivity contribution in [3.05, 3.63) is 35.1 Å². The van der Waals surface area contributed by atoms with E-state index in [0.717, 1.165) is 24.0 Å². The maximum Gasteiger partial charge on any atom is 0.119 e. The molecule has 1 nitrogen and oxygen atoms in total. The quantitative estimate of drug-likeness (QED) is 0.424. The molecule has 0 heterocycles. The SMILES string of the molecule is C=C(C)/C=C(\C/C(C)=C(\CC)C(C)F)N(C)C1CCCC1. The number of halogens is 1. The number of allylic oxidation sites excluding steroid dienone is 4. The molecule has 1 atom stereocenters. The molecule has 120 valence electrons. The van der Waals surface area contributed by atoms with Crippen LogP contribution in [0.1, 0.15) is 66.2 Å². The Morgan fingerprint density at radius 3 is 2.33 bits per heavy atom. The van der Waals surface area contributed by atoms with Gasteiger partial charge in [0.15, 0.2) is 0 Å². The van der Waals surface area contributed by atoms with E-state index < -0.39 is 6.17 Å². The first-order valence-corrected chi connectivity index (χ1v) is 8.28. The second-order valence-electron chi connectivity index (χ2n) is 6.48. The van der Waals surface area contributed by atoms with Gasteiger partial charge in [0.05, 0.1) is 0 Å². The van der Waals surface area contributed by atoms with E-state index >= 15 is 0 Å². The van der Waals surface area contributed by atoms with E-state index in [9.17, 15) is 4.39 Å². The summed E-state index contributed by atoms with van der Waals surface area (Å²) in [5.41, 5.74) is 4.46. The minimum atomic E-state index is -0.849. The number of nitrogens with zero attached hydrogens (tertiary/aromatic N) is 1. The first kappa shape index (κ1) is 18.0. The monoisotopic (exact) mass is 293 g/mol. The highest BCUT2D eigenvalue weighted by Gasteiger charge is 2.22. The van der Waals surface area contributed by atoms with Gasteiger partial charge in [-0.05, 0) is 51.7 Å². The summed E-state index contributed by atoms with van der Waals surface area (Å²) in [4.78, 5) is 2.40. The molecule has 0 spiro atoms. The molecule has 0 amide bonds. The molecular formula is C19H32FN. The summed E-state index contributed by atoms with van der Waals surface area (Å²) in [7, 11) is 2.18. The lowest BCUT2D eigenvalue weighted by Crippen LogP contribution is -2.29. The standard InChI is InChI=1S/C19H32FN/c1-7-19(16(5)20)15(4)13-18(12-14(2)3)21(6)17-10-8-9-11-17/h12,16-17H,2,7-11,13H2,1,3-6H3/b18-12+,19-15+. The summed E-state index contributed by atoms with van der Waals surface area (Å²) < 4.78 is 13.7. The highest BCUT2D eigenvalue weighted by Crippen LogP contribution is 2.29. The third-order valence-corrected chi connectivity index (χ3v) is 4.59. The summed E-state index contributed by atoms with van der Waals surface area (Å²) in [6.45, 7) is 11.8. The van der Waals surface area contributed by atoms with Crippen molar-refractivity contribution in [2.45, 2.75) is 78.4 Å². The van der Waals surface area contributed by atoms with Crippen LogP contribution in [0, 0.1) is 0 Å². The topological polar surface area (TPSA) is 3.24 Å². The van der Waals surface area contributed by atoms with Crippen molar-refractivity contribution in [1.82, 2.24) is 4.90 Å². The van der Waals surface area contributed by atoms with Crippen molar-refractivity contribution in [2.24, 2.45) is 0 Å². The number of rotatable bonds is 7. The molecule has 0 saturated heterocycles. The summed E-state index contributed by atoms with van der Waals surface area (Å²) in [5, 5.41) is 0. The molecule has 0 aliphatic heterocycles. The van der Waals surface area contributed by atoms with Gasteiger partial charge in [-0.2, -0.15) is 0 Å². The third kappa shape index (κ3) is 5.33. The van der Waals surface area contributed by atoms with Crippen LogP contribution < -0.4 is 0 Å². The molecule has 0 aromatic heterocycles. The van der Waals surface area contributed by atoms with Crippen molar-refractivity contribution < 1.29 is 4.39 Å². The van der Waals surface area contributed by atoms with E-state index in [1.165, 1.54) is 37.0 Å². The van der Waals surface area contributed by atoms with Gasteiger partial charge in [0.25, 0.3) is 0 Å². The summed E-state index contributed by atoms with van der Waals surface area (Å²) >= 11 is 0. The Morgan fingerprint density at radius 1 is 1.33 bits per heavy atom. The van der Waals surface area contributed by atoms with Crippen LogP contribution in [0.4, 0.5) is 4.39 Å². The Bertz CT molecular complexity index is 411. The van der Waals surface area contributed by atoms with Crippen LogP contribution in [-0.4, -0.2) is 24.2 Å². The second-order valence-corrected chi connectivity index (χ2v) is 6.48. The van der Waals surface area contributed by atoms with E-state index in [0.29, 0.717) is 6.04 Å². The van der Waals surface area contributed by atoms with Gasteiger partial charge in [-0.3, -0.25) is 0 Å². The predicted octanol–water partition coefficient (Wildman–Crippen LogP) is 5.80. The number of hydrogen-bond donors (Lipinski definition) is 0. The zero-order valence-corrected chi connectivity index (χ0v) is 14.5. The van der Waals surface area contributed by atoms with Crippen LogP contribution in [0.3, 0.4) is 0 Å². The molecular weight excluding hydrogens is 261 g/mol. The lowest BCUT2D eigenvalue weighted by atomic mass is 9.98. The second kappa shape index (κ2) is 8.41. The average Bonchev–Trinajstić information content (AvgIpc) is 2.90. The lowest BCUT2D eigenvalue weighted by molar-refractivity contribution is 0.301. The maximum atomic E-state index is 13.7. The van der Waals surface area contributed by atoms with E-state index in [-0.39, 0.29) is 0 Å². The molecule has 0 aromatic rings. The molecule has 1 rings (SSSR count). The Hall–Kier alpha value is -1.05. The minimum absolute atomic E-state index is 0.635. The van der Waals surface area contributed by atoms with E-state index in [1.807, 2.05) is 13.8 Å². The zero-order chi connectivity index (χ0) is 16.0. The molecule has 1 aliphatic carbocycles. The van der Waals surface area contributed by atoms with Gasteiger partial charge in [-0.25, -0.2) is 4.39 Å². The van der Waals surface area contributed by atoms with Gasteiger partial charge in [0, 0.05) is 25.2 Å². The average molecular weight is 293 g/mol. The van der Waals surface area contributed by atoms with Gasteiger partial charge in [0.1, 0.15) is 6.17 Å². The van der Waals surface area contributed by atoms with Crippen LogP contribution in [0.25, 0.3) is 0 Å². The van der Waals surface area contributed by atoms with Crippen LogP contribution in [0.2, 0.25) is 0 Å². The molecule has 1 unspecified atom stereocenters. The zero-order valence-electron chi connectivity index (χ0n) is 14.5. The van der Waals surface area contributed by atoms with Crippen molar-refractivity contribution in [3.8, 4) is 0 Å². The van der Waals surface area contributed by atoms with Crippen molar-refractivity contribution in [3.63, 3.8) is 0 Å². The minimum Gasteiger partial charge on any atom is -0.375 e. The molecule has 0 N–H and O–H groups in total. The maximum absolute atomic E-state index is 13.7. The van der Waals surface area contributed by atoms with E-state index in [2.05, 4.69) is 31.5 Å². The van der Waals surface area contributed by atoms with Crippen LogP contribution >= 0.6 is 0 Å². The largest absolute Gasteiger partial charge is 0.375 e. The molecule has 0 bridgehead atoms. The normalized spacial score (nSPS) is 19.4. The fourth-order valence-corrected chi connectivity index (χ4v) is 3.40. The van der Waals surface area contributed by atoms with Gasteiger partial charge >= 0.3 is 0 Å². The van der Waals surface area contributed by atoms with Crippen LogP contribution in [0.15, 0.2) is 35.1 Å². The first-order valence-electron chi connectivity index (χ1n) is 8.28. The fourth-order valence-electron chi connectivity index (χ4n) is 3.40. The highest BCUT2D eigenvalue weighted by atomic mass is 19.1. The Labute approximate surface area is 130 Å². The summed E-state index contributed by atoms with van der Waals surface area (Å²) in [5.74, 6) is 0.